The molecule has 0 radical (unpaired) electrons. The fourth-order valence-electron chi connectivity index (χ4n) is 2.14. The van der Waals surface area contributed by atoms with Crippen molar-refractivity contribution in [1.29, 1.82) is 0 Å². The third kappa shape index (κ3) is 5.73. The van der Waals surface area contributed by atoms with Gasteiger partial charge in [-0.3, -0.25) is 0 Å². The molecule has 1 amide bonds. The molecule has 0 fully saturated rings. The molecule has 0 aliphatic rings. The Balaban J connectivity index is 2.38. The summed E-state index contributed by atoms with van der Waals surface area (Å²) in [6.07, 6.45) is -5.09. The molecule has 1 atom stereocenters. The number of carbonyl (C=O) groups excluding carboxylic acids is 1. The van der Waals surface area contributed by atoms with Crippen LogP contribution >= 0.6 is 0 Å². The summed E-state index contributed by atoms with van der Waals surface area (Å²) in [6, 6.07) is 6.11. The monoisotopic (exact) mass is 468 g/mol. The van der Waals surface area contributed by atoms with Crippen molar-refractivity contribution in [2.75, 3.05) is 10.6 Å². The van der Waals surface area contributed by atoms with E-state index in [9.17, 15) is 30.2 Å². The van der Waals surface area contributed by atoms with Crippen LogP contribution in [0.1, 0.15) is 6.92 Å². The fourth-order valence-corrected chi connectivity index (χ4v) is 3.77. The average molecular weight is 468 g/mol. The molecule has 0 heterocycles. The van der Waals surface area contributed by atoms with Gasteiger partial charge >= 0.3 is 157 Å². The van der Waals surface area contributed by atoms with Gasteiger partial charge < -0.3 is 0 Å². The van der Waals surface area contributed by atoms with E-state index in [1.807, 2.05) is 0 Å². The van der Waals surface area contributed by atoms with Crippen LogP contribution in [0.2, 0.25) is 0 Å². The Morgan fingerprint density at radius 3 is 2.32 bits per heavy atom. The van der Waals surface area contributed by atoms with E-state index in [0.717, 1.165) is 31.2 Å². The topological polar surface area (TPSA) is 117 Å². The molecule has 0 saturated carbocycles. The Bertz CT molecular complexity index is 937. The quantitative estimate of drug-likeness (QED) is 0.223. The molecule has 4 N–H and O–H groups in total. The second-order valence-electron chi connectivity index (χ2n) is 5.33. The van der Waals surface area contributed by atoms with E-state index in [0.29, 0.717) is 0 Å². The molecule has 0 aliphatic carbocycles. The van der Waals surface area contributed by atoms with E-state index in [4.69, 9.17) is 5.26 Å². The van der Waals surface area contributed by atoms with Crippen LogP contribution in [0.25, 0.3) is 0 Å². The minimum atomic E-state index is -5.33. The van der Waals surface area contributed by atoms with Crippen LogP contribution in [0.5, 0.6) is 5.75 Å². The molecule has 8 nitrogen and oxygen atoms in total. The van der Waals surface area contributed by atoms with Crippen LogP contribution < -0.4 is 19.7 Å². The summed E-state index contributed by atoms with van der Waals surface area (Å²) in [4.78, 5) is 11.3. The maximum atomic E-state index is 13.5. The van der Waals surface area contributed by atoms with Crippen molar-refractivity contribution in [1.82, 2.24) is 0 Å². The first-order valence-electron chi connectivity index (χ1n) is 7.32. The number of benzene rings is 2. The van der Waals surface area contributed by atoms with E-state index in [-0.39, 0.29) is 21.4 Å². The third-order valence-corrected chi connectivity index (χ3v) is 5.73. The molecule has 2 aromatic carbocycles. The molecule has 0 bridgehead atoms. The zero-order chi connectivity index (χ0) is 21.1. The van der Waals surface area contributed by atoms with Crippen LogP contribution in [-0.4, -0.2) is 35.8 Å². The molecule has 2 aromatic rings. The van der Waals surface area contributed by atoms with E-state index in [1.165, 1.54) is 12.1 Å². The van der Waals surface area contributed by atoms with Crippen LogP contribution in [0.3, 0.4) is 0 Å². The van der Waals surface area contributed by atoms with Crippen molar-refractivity contribution in [3.63, 3.8) is 0 Å². The summed E-state index contributed by atoms with van der Waals surface area (Å²) < 4.78 is 78.8. The predicted octanol–water partition coefficient (Wildman–Crippen LogP) is 2.48. The molecular weight excluding hydrogens is 455 g/mol. The maximum absolute atomic E-state index is 13.5. The van der Waals surface area contributed by atoms with Crippen LogP contribution in [0, 0.1) is 5.82 Å². The van der Waals surface area contributed by atoms with Crippen LogP contribution in [0.15, 0.2) is 36.4 Å². The van der Waals surface area contributed by atoms with Gasteiger partial charge in [0.2, 0.25) is 0 Å². The second kappa shape index (κ2) is 8.23. The zero-order valence-electron chi connectivity index (χ0n) is 14.0. The molecule has 1 unspecified atom stereocenters. The van der Waals surface area contributed by atoms with Gasteiger partial charge in [0.15, 0.2) is 0 Å². The van der Waals surface area contributed by atoms with Gasteiger partial charge in [-0.25, -0.2) is 0 Å². The molecule has 0 saturated heterocycles. The summed E-state index contributed by atoms with van der Waals surface area (Å²) in [5, 5.41) is 13.5. The van der Waals surface area contributed by atoms with E-state index < -0.39 is 38.0 Å². The molecule has 0 aliphatic heterocycles. The number of rotatable bonds is 6. The number of halogens is 4. The van der Waals surface area contributed by atoms with Gasteiger partial charge in [0.1, 0.15) is 0 Å². The third-order valence-electron chi connectivity index (χ3n) is 3.17. The van der Waals surface area contributed by atoms with Crippen molar-refractivity contribution in [3.05, 3.63) is 42.2 Å². The normalized spacial score (nSPS) is 13.5. The van der Waals surface area contributed by atoms with Gasteiger partial charge in [0.25, 0.3) is 0 Å². The van der Waals surface area contributed by atoms with Crippen molar-refractivity contribution in [2.45, 2.75) is 13.3 Å². The molecular formula is C15H13AsF4N2O6. The molecule has 152 valence electrons. The second-order valence-corrected chi connectivity index (χ2v) is 8.87. The Kier molecular flexibility index (Phi) is 6.40. The van der Waals surface area contributed by atoms with E-state index >= 15 is 0 Å². The van der Waals surface area contributed by atoms with Crippen LogP contribution in [0.4, 0.5) is 34.6 Å². The van der Waals surface area contributed by atoms with Gasteiger partial charge in [0.05, 0.1) is 0 Å². The van der Waals surface area contributed by atoms with E-state index in [1.54, 1.807) is 0 Å². The molecule has 2 rings (SSSR count). The summed E-state index contributed by atoms with van der Waals surface area (Å²) in [6.45, 7) is 1.12. The standard InChI is InChI=1S/C15H13AsF4N2O6/c1-8(23)21-13-6-9(2-4-11(13)16(24,25)28-26)22-10-3-5-12(17)14(7-10)27-15(18,19)20/h2-7,22,26H,1H3,(H,21,23)(H,24,25). The number of alkyl halides is 3. The van der Waals surface area contributed by atoms with Gasteiger partial charge in [-0.15, -0.1) is 0 Å². The minimum absolute atomic E-state index is 0.00174. The van der Waals surface area contributed by atoms with Gasteiger partial charge in [0, 0.05) is 0 Å². The van der Waals surface area contributed by atoms with Crippen molar-refractivity contribution in [3.8, 4) is 5.75 Å². The number of anilines is 3. The Morgan fingerprint density at radius 1 is 1.14 bits per heavy atom. The average Bonchev–Trinajstić information content (AvgIpc) is 2.56. The molecule has 0 aromatic heterocycles. The first-order valence-corrected chi connectivity index (χ1v) is 10.6. The zero-order valence-corrected chi connectivity index (χ0v) is 15.8. The molecule has 0 spiro atoms. The van der Waals surface area contributed by atoms with Crippen molar-refractivity contribution >= 4 is 41.5 Å². The Morgan fingerprint density at radius 2 is 1.75 bits per heavy atom. The Labute approximate surface area is 158 Å². The van der Waals surface area contributed by atoms with Gasteiger partial charge in [-0.2, -0.15) is 0 Å². The number of ether oxygens (including phenoxy) is 1. The fraction of sp³-hybridized carbons (Fsp3) is 0.133. The number of carbonyl (C=O) groups is 1. The summed E-state index contributed by atoms with van der Waals surface area (Å²) >= 11 is -5.33. The van der Waals surface area contributed by atoms with Crippen molar-refractivity contribution in [2.24, 2.45) is 0 Å². The number of hydrogen-bond donors (Lipinski definition) is 4. The van der Waals surface area contributed by atoms with Crippen LogP contribution in [-0.2, 0) is 12.4 Å². The molecule has 28 heavy (non-hydrogen) atoms. The molecule has 13 heteroatoms. The summed E-state index contributed by atoms with van der Waals surface area (Å²) in [5.41, 5.74) is -0.0194. The van der Waals surface area contributed by atoms with E-state index in [2.05, 4.69) is 19.2 Å². The first-order chi connectivity index (χ1) is 12.9. The number of nitrogens with one attached hydrogen (secondary N) is 2. The van der Waals surface area contributed by atoms with Gasteiger partial charge in [-0.05, 0) is 0 Å². The summed E-state index contributed by atoms with van der Waals surface area (Å²) in [7, 11) is 0. The number of amides is 1. The Hall–Kier alpha value is -2.53. The predicted molar refractivity (Wildman–Crippen MR) is 89.1 cm³/mol. The van der Waals surface area contributed by atoms with Gasteiger partial charge in [-0.1, -0.05) is 0 Å². The SMILES string of the molecule is CC(=O)Nc1cc(Nc2ccc(F)c(OC(F)(F)F)c2)ccc1[As](=O)(O)OO. The number of hydrogen-bond acceptors (Lipinski definition) is 6. The van der Waals surface area contributed by atoms with Crippen molar-refractivity contribution < 1.29 is 44.1 Å². The summed E-state index contributed by atoms with van der Waals surface area (Å²) in [5.74, 6) is -2.90. The first kappa shape index (κ1) is 21.8.